The zero-order valence-corrected chi connectivity index (χ0v) is 9.48. The first kappa shape index (κ1) is 13.8. The second kappa shape index (κ2) is 5.35. The van der Waals surface area contributed by atoms with Crippen LogP contribution in [0.2, 0.25) is 0 Å². The number of nitrogens with two attached hydrogens (primary N) is 2. The first-order valence-corrected chi connectivity index (χ1v) is 4.82. The Kier molecular flexibility index (Phi) is 4.09. The van der Waals surface area contributed by atoms with Crippen LogP contribution in [-0.2, 0) is 0 Å². The molecular formula is C11H12F2N2O3. The molecule has 5 nitrogen and oxygen atoms in total. The van der Waals surface area contributed by atoms with Crippen molar-refractivity contribution in [3.8, 4) is 5.75 Å². The minimum atomic E-state index is -2.84. The van der Waals surface area contributed by atoms with Gasteiger partial charge in [-0.05, 0) is 18.2 Å². The number of nitrogen functional groups attached to an aromatic ring is 1. The van der Waals surface area contributed by atoms with Crippen LogP contribution in [0.25, 0.3) is 6.08 Å². The molecule has 5 N–H and O–H groups in total. The van der Waals surface area contributed by atoms with Gasteiger partial charge >= 0.3 is 5.97 Å². The van der Waals surface area contributed by atoms with Gasteiger partial charge < -0.3 is 21.3 Å². The number of carboxylic acid groups (broad SMARTS) is 1. The number of rotatable bonds is 4. The smallest absolute Gasteiger partial charge is 0.335 e. The molecule has 98 valence electrons. The quantitative estimate of drug-likeness (QED) is 0.711. The van der Waals surface area contributed by atoms with E-state index < -0.39 is 18.1 Å². The average molecular weight is 258 g/mol. The molecule has 1 aromatic carbocycles. The second-order valence-electron chi connectivity index (χ2n) is 3.43. The SMILES string of the molecule is COc1cc(C(=O)O)cc(/C=C(\N)C(F)F)c1N. The Morgan fingerprint density at radius 2 is 2.11 bits per heavy atom. The van der Waals surface area contributed by atoms with Gasteiger partial charge in [0.25, 0.3) is 6.43 Å². The van der Waals surface area contributed by atoms with Crippen LogP contribution >= 0.6 is 0 Å². The third kappa shape index (κ3) is 2.88. The zero-order chi connectivity index (χ0) is 13.9. The summed E-state index contributed by atoms with van der Waals surface area (Å²) in [7, 11) is 1.29. The fourth-order valence-electron chi connectivity index (χ4n) is 1.30. The number of carbonyl (C=O) groups is 1. The van der Waals surface area contributed by atoms with Crippen molar-refractivity contribution in [2.75, 3.05) is 12.8 Å². The molecule has 1 aromatic rings. The van der Waals surface area contributed by atoms with Gasteiger partial charge in [0, 0.05) is 5.56 Å². The summed E-state index contributed by atoms with van der Waals surface area (Å²) in [4.78, 5) is 10.9. The highest BCUT2D eigenvalue weighted by molar-refractivity contribution is 5.91. The van der Waals surface area contributed by atoms with E-state index in [1.165, 1.54) is 13.2 Å². The fourth-order valence-corrected chi connectivity index (χ4v) is 1.30. The maximum Gasteiger partial charge on any atom is 0.335 e. The molecule has 0 saturated carbocycles. The van der Waals surface area contributed by atoms with Crippen LogP contribution in [0.15, 0.2) is 17.8 Å². The number of aromatic carboxylic acids is 1. The monoisotopic (exact) mass is 258 g/mol. The van der Waals surface area contributed by atoms with E-state index in [4.69, 9.17) is 21.3 Å². The molecule has 0 aliphatic rings. The van der Waals surface area contributed by atoms with Crippen molar-refractivity contribution in [1.29, 1.82) is 0 Å². The van der Waals surface area contributed by atoms with Crippen molar-refractivity contribution in [1.82, 2.24) is 0 Å². The maximum atomic E-state index is 12.3. The van der Waals surface area contributed by atoms with E-state index in [2.05, 4.69) is 0 Å². The highest BCUT2D eigenvalue weighted by Gasteiger charge is 2.13. The van der Waals surface area contributed by atoms with Crippen LogP contribution in [0, 0.1) is 0 Å². The van der Waals surface area contributed by atoms with Gasteiger partial charge in [-0.15, -0.1) is 0 Å². The fraction of sp³-hybridized carbons (Fsp3) is 0.182. The number of anilines is 1. The summed E-state index contributed by atoms with van der Waals surface area (Å²) >= 11 is 0. The van der Waals surface area contributed by atoms with Gasteiger partial charge in [0.1, 0.15) is 5.75 Å². The Morgan fingerprint density at radius 3 is 2.56 bits per heavy atom. The lowest BCUT2D eigenvalue weighted by Gasteiger charge is -2.10. The largest absolute Gasteiger partial charge is 0.495 e. The Labute approximate surface area is 102 Å². The minimum absolute atomic E-state index is 0.0473. The van der Waals surface area contributed by atoms with E-state index >= 15 is 0 Å². The van der Waals surface area contributed by atoms with Crippen molar-refractivity contribution in [3.05, 3.63) is 29.0 Å². The molecule has 0 fully saturated rings. The Bertz CT molecular complexity index is 501. The van der Waals surface area contributed by atoms with E-state index in [1.807, 2.05) is 0 Å². The number of carboxylic acids is 1. The van der Waals surface area contributed by atoms with Gasteiger partial charge in [-0.25, -0.2) is 13.6 Å². The Hall–Kier alpha value is -2.31. The van der Waals surface area contributed by atoms with Gasteiger partial charge in [-0.1, -0.05) is 0 Å². The van der Waals surface area contributed by atoms with E-state index in [0.29, 0.717) is 0 Å². The lowest BCUT2D eigenvalue weighted by atomic mass is 10.1. The first-order valence-electron chi connectivity index (χ1n) is 4.82. The third-order valence-corrected chi connectivity index (χ3v) is 2.22. The molecule has 18 heavy (non-hydrogen) atoms. The molecule has 0 atom stereocenters. The third-order valence-electron chi connectivity index (χ3n) is 2.22. The Balaban J connectivity index is 3.38. The van der Waals surface area contributed by atoms with E-state index in [-0.39, 0.29) is 22.6 Å². The zero-order valence-electron chi connectivity index (χ0n) is 9.48. The lowest BCUT2D eigenvalue weighted by molar-refractivity contribution is 0.0696. The number of alkyl halides is 2. The van der Waals surface area contributed by atoms with E-state index in [9.17, 15) is 13.6 Å². The summed E-state index contributed by atoms with van der Waals surface area (Å²) < 4.78 is 29.5. The highest BCUT2D eigenvalue weighted by atomic mass is 19.3. The lowest BCUT2D eigenvalue weighted by Crippen LogP contribution is -2.08. The van der Waals surface area contributed by atoms with E-state index in [1.54, 1.807) is 0 Å². The molecule has 0 amide bonds. The summed E-state index contributed by atoms with van der Waals surface area (Å²) in [5.41, 5.74) is 10.0. The number of hydrogen-bond donors (Lipinski definition) is 3. The van der Waals surface area contributed by atoms with Crippen LogP contribution in [0.1, 0.15) is 15.9 Å². The van der Waals surface area contributed by atoms with Crippen molar-refractivity contribution in [3.63, 3.8) is 0 Å². The summed E-state index contributed by atoms with van der Waals surface area (Å²) in [5.74, 6) is -1.14. The van der Waals surface area contributed by atoms with Crippen LogP contribution in [0.4, 0.5) is 14.5 Å². The first-order chi connectivity index (χ1) is 8.36. The van der Waals surface area contributed by atoms with Crippen LogP contribution < -0.4 is 16.2 Å². The number of methoxy groups -OCH3 is 1. The van der Waals surface area contributed by atoms with E-state index in [0.717, 1.165) is 12.1 Å². The molecular weight excluding hydrogens is 246 g/mol. The standard InChI is InChI=1S/C11H12F2N2O3/c1-18-8-4-6(11(16)17)2-5(9(8)15)3-7(14)10(12)13/h2-4,10H,14-15H2,1H3,(H,16,17)/b7-3-. The number of halogens is 2. The average Bonchev–Trinajstić information content (AvgIpc) is 2.31. The normalized spacial score (nSPS) is 11.7. The van der Waals surface area contributed by atoms with Gasteiger partial charge in [-0.3, -0.25) is 0 Å². The van der Waals surface area contributed by atoms with Gasteiger partial charge in [-0.2, -0.15) is 0 Å². The molecule has 0 radical (unpaired) electrons. The number of allylic oxidation sites excluding steroid dienone is 1. The molecule has 1 rings (SSSR count). The van der Waals surface area contributed by atoms with Crippen molar-refractivity contribution in [2.45, 2.75) is 6.43 Å². The van der Waals surface area contributed by atoms with Crippen molar-refractivity contribution >= 4 is 17.7 Å². The molecule has 0 saturated heterocycles. The Morgan fingerprint density at radius 1 is 1.50 bits per heavy atom. The predicted octanol–water partition coefficient (Wildman–Crippen LogP) is 1.54. The highest BCUT2D eigenvalue weighted by Crippen LogP contribution is 2.29. The summed E-state index contributed by atoms with van der Waals surface area (Å²) in [6, 6.07) is 2.35. The summed E-state index contributed by atoms with van der Waals surface area (Å²) in [6.45, 7) is 0. The molecule has 0 aliphatic heterocycles. The van der Waals surface area contributed by atoms with Crippen molar-refractivity contribution in [2.24, 2.45) is 5.73 Å². The molecule has 0 heterocycles. The molecule has 0 bridgehead atoms. The topological polar surface area (TPSA) is 98.6 Å². The number of ether oxygens (including phenoxy) is 1. The van der Waals surface area contributed by atoms with Gasteiger partial charge in [0.15, 0.2) is 0 Å². The maximum absolute atomic E-state index is 12.3. The van der Waals surface area contributed by atoms with Gasteiger partial charge in [0.2, 0.25) is 0 Å². The van der Waals surface area contributed by atoms with Crippen LogP contribution in [-0.4, -0.2) is 24.6 Å². The molecule has 0 aliphatic carbocycles. The second-order valence-corrected chi connectivity index (χ2v) is 3.43. The molecule has 0 spiro atoms. The van der Waals surface area contributed by atoms with Crippen LogP contribution in [0.5, 0.6) is 5.75 Å². The summed E-state index contributed by atoms with van der Waals surface area (Å²) in [6.07, 6.45) is -1.92. The minimum Gasteiger partial charge on any atom is -0.495 e. The predicted molar refractivity (Wildman–Crippen MR) is 62.5 cm³/mol. The number of benzene rings is 1. The number of hydrogen-bond acceptors (Lipinski definition) is 4. The van der Waals surface area contributed by atoms with Crippen molar-refractivity contribution < 1.29 is 23.4 Å². The molecule has 0 aromatic heterocycles. The van der Waals surface area contributed by atoms with Crippen LogP contribution in [0.3, 0.4) is 0 Å². The summed E-state index contributed by atoms with van der Waals surface area (Å²) in [5, 5.41) is 8.87. The molecule has 7 heteroatoms. The molecule has 0 unspecified atom stereocenters. The van der Waals surface area contributed by atoms with Gasteiger partial charge in [0.05, 0.1) is 24.1 Å².